The second-order valence-electron chi connectivity index (χ2n) is 7.52. The normalized spacial score (nSPS) is 17.2. The van der Waals surface area contributed by atoms with E-state index in [1.807, 2.05) is 43.9 Å². The van der Waals surface area contributed by atoms with Crippen LogP contribution in [0.2, 0.25) is 0 Å². The van der Waals surface area contributed by atoms with Crippen molar-refractivity contribution in [2.45, 2.75) is 46.3 Å². The van der Waals surface area contributed by atoms with Crippen molar-refractivity contribution in [2.24, 2.45) is 0 Å². The van der Waals surface area contributed by atoms with E-state index >= 15 is 0 Å². The Kier molecular flexibility index (Phi) is 5.92. The highest BCUT2D eigenvalue weighted by molar-refractivity contribution is 5.97. The zero-order chi connectivity index (χ0) is 20.3. The number of rotatable bonds is 5. The summed E-state index contributed by atoms with van der Waals surface area (Å²) in [7, 11) is 0. The number of nitrogens with zero attached hydrogens (tertiary/aromatic N) is 4. The molecule has 7 heteroatoms. The Hall–Kier alpha value is -2.96. The third-order valence-corrected chi connectivity index (χ3v) is 4.78. The molecule has 2 amide bonds. The van der Waals surface area contributed by atoms with Crippen LogP contribution >= 0.6 is 0 Å². The van der Waals surface area contributed by atoms with Crippen LogP contribution < -0.4 is 5.32 Å². The summed E-state index contributed by atoms with van der Waals surface area (Å²) in [6.45, 7) is 9.36. The molecule has 2 heterocycles. The zero-order valence-corrected chi connectivity index (χ0v) is 16.8. The van der Waals surface area contributed by atoms with Crippen molar-refractivity contribution >= 4 is 17.8 Å². The SMILES string of the molecule is Cc1cccc(CN2CCN(C(=O)c3cnc(NC(C)C)nc3)C(C)C2=O)c1. The number of benzene rings is 1. The standard InChI is InChI=1S/C21H27N5O2/c1-14(2)24-21-22-11-18(12-23-21)20(28)26-9-8-25(19(27)16(26)4)13-17-7-5-6-15(3)10-17/h5-7,10-12,14,16H,8-9,13H2,1-4H3,(H,22,23,24). The second-order valence-corrected chi connectivity index (χ2v) is 7.52. The van der Waals surface area contributed by atoms with Crippen molar-refractivity contribution in [3.05, 3.63) is 53.3 Å². The van der Waals surface area contributed by atoms with Crippen LogP contribution in [-0.4, -0.2) is 56.8 Å². The molecule has 2 aromatic rings. The van der Waals surface area contributed by atoms with Crippen molar-refractivity contribution in [1.29, 1.82) is 0 Å². The van der Waals surface area contributed by atoms with Crippen molar-refractivity contribution in [3.8, 4) is 0 Å². The van der Waals surface area contributed by atoms with Crippen LogP contribution in [0, 0.1) is 6.92 Å². The highest BCUT2D eigenvalue weighted by Crippen LogP contribution is 2.18. The molecule has 1 atom stereocenters. The van der Waals surface area contributed by atoms with E-state index in [1.165, 1.54) is 18.0 Å². The topological polar surface area (TPSA) is 78.4 Å². The van der Waals surface area contributed by atoms with Gasteiger partial charge in [-0.3, -0.25) is 9.59 Å². The first-order chi connectivity index (χ1) is 13.3. The van der Waals surface area contributed by atoms with E-state index in [2.05, 4.69) is 21.4 Å². The third kappa shape index (κ3) is 4.47. The van der Waals surface area contributed by atoms with Gasteiger partial charge in [0.15, 0.2) is 0 Å². The van der Waals surface area contributed by atoms with Crippen LogP contribution in [0.5, 0.6) is 0 Å². The molecule has 1 N–H and O–H groups in total. The molecule has 1 unspecified atom stereocenters. The van der Waals surface area contributed by atoms with E-state index in [-0.39, 0.29) is 17.9 Å². The van der Waals surface area contributed by atoms with E-state index in [4.69, 9.17) is 0 Å². The molecule has 0 aliphatic carbocycles. The summed E-state index contributed by atoms with van der Waals surface area (Å²) in [5, 5.41) is 3.09. The van der Waals surface area contributed by atoms with E-state index in [9.17, 15) is 9.59 Å². The molecule has 3 rings (SSSR count). The number of hydrogen-bond acceptors (Lipinski definition) is 5. The fourth-order valence-electron chi connectivity index (χ4n) is 3.33. The van der Waals surface area contributed by atoms with E-state index in [1.54, 1.807) is 11.8 Å². The molecule has 1 fully saturated rings. The number of nitrogens with one attached hydrogen (secondary N) is 1. The molecule has 0 spiro atoms. The predicted octanol–water partition coefficient (Wildman–Crippen LogP) is 2.48. The molecule has 1 aliphatic rings. The quantitative estimate of drug-likeness (QED) is 0.861. The van der Waals surface area contributed by atoms with Gasteiger partial charge >= 0.3 is 0 Å². The summed E-state index contributed by atoms with van der Waals surface area (Å²) in [5.74, 6) is 0.228. The monoisotopic (exact) mass is 381 g/mol. The lowest BCUT2D eigenvalue weighted by Crippen LogP contribution is -2.57. The van der Waals surface area contributed by atoms with Gasteiger partial charge in [-0.25, -0.2) is 9.97 Å². The second kappa shape index (κ2) is 8.37. The summed E-state index contributed by atoms with van der Waals surface area (Å²) in [5.41, 5.74) is 2.66. The van der Waals surface area contributed by atoms with E-state index < -0.39 is 6.04 Å². The Labute approximate surface area is 165 Å². The number of aryl methyl sites for hydroxylation is 1. The lowest BCUT2D eigenvalue weighted by Gasteiger charge is -2.39. The summed E-state index contributed by atoms with van der Waals surface area (Å²) in [4.78, 5) is 37.5. The first-order valence-corrected chi connectivity index (χ1v) is 9.59. The maximum Gasteiger partial charge on any atom is 0.257 e. The first-order valence-electron chi connectivity index (χ1n) is 9.59. The van der Waals surface area contributed by atoms with Crippen molar-refractivity contribution < 1.29 is 9.59 Å². The average Bonchev–Trinajstić information content (AvgIpc) is 2.65. The molecule has 0 saturated carbocycles. The fourth-order valence-corrected chi connectivity index (χ4v) is 3.33. The van der Waals surface area contributed by atoms with Crippen LogP contribution in [0.1, 0.15) is 42.3 Å². The number of piperazine rings is 1. The Balaban J connectivity index is 1.66. The first kappa shape index (κ1) is 19.8. The van der Waals surface area contributed by atoms with Gasteiger partial charge < -0.3 is 15.1 Å². The molecule has 1 saturated heterocycles. The smallest absolute Gasteiger partial charge is 0.257 e. The van der Waals surface area contributed by atoms with Crippen LogP contribution in [0.15, 0.2) is 36.7 Å². The number of hydrogen-bond donors (Lipinski definition) is 1. The van der Waals surface area contributed by atoms with Gasteiger partial charge in [0.1, 0.15) is 6.04 Å². The number of anilines is 1. The van der Waals surface area contributed by atoms with Crippen molar-refractivity contribution in [2.75, 3.05) is 18.4 Å². The Morgan fingerprint density at radius 3 is 2.61 bits per heavy atom. The van der Waals surface area contributed by atoms with Gasteiger partial charge in [-0.1, -0.05) is 29.8 Å². The number of carbonyl (C=O) groups excluding carboxylic acids is 2. The minimum absolute atomic E-state index is 0.0416. The minimum atomic E-state index is -0.514. The third-order valence-electron chi connectivity index (χ3n) is 4.78. The molecule has 28 heavy (non-hydrogen) atoms. The van der Waals surface area contributed by atoms with Crippen molar-refractivity contribution in [1.82, 2.24) is 19.8 Å². The minimum Gasteiger partial charge on any atom is -0.352 e. The van der Waals surface area contributed by atoms with E-state index in [0.717, 1.165) is 5.56 Å². The molecule has 1 aromatic carbocycles. The number of carbonyl (C=O) groups is 2. The maximum atomic E-state index is 12.9. The van der Waals surface area contributed by atoms with Crippen molar-refractivity contribution in [3.63, 3.8) is 0 Å². The summed E-state index contributed by atoms with van der Waals surface area (Å²) < 4.78 is 0. The lowest BCUT2D eigenvalue weighted by atomic mass is 10.1. The molecule has 7 nitrogen and oxygen atoms in total. The predicted molar refractivity (Wildman–Crippen MR) is 108 cm³/mol. The Bertz CT molecular complexity index is 850. The van der Waals surface area contributed by atoms with Gasteiger partial charge in [0.2, 0.25) is 11.9 Å². The van der Waals surface area contributed by atoms with Gasteiger partial charge in [0, 0.05) is 38.1 Å². The Morgan fingerprint density at radius 1 is 1.25 bits per heavy atom. The number of amides is 2. The fraction of sp³-hybridized carbons (Fsp3) is 0.429. The molecular formula is C21H27N5O2. The maximum absolute atomic E-state index is 12.9. The van der Waals surface area contributed by atoms with Gasteiger partial charge in [-0.2, -0.15) is 0 Å². The van der Waals surface area contributed by atoms with E-state index in [0.29, 0.717) is 31.1 Å². The van der Waals surface area contributed by atoms with Crippen LogP contribution in [0.25, 0.3) is 0 Å². The summed E-state index contributed by atoms with van der Waals surface area (Å²) >= 11 is 0. The Morgan fingerprint density at radius 2 is 1.96 bits per heavy atom. The molecule has 0 bridgehead atoms. The largest absolute Gasteiger partial charge is 0.352 e. The van der Waals surface area contributed by atoms with Crippen LogP contribution in [-0.2, 0) is 11.3 Å². The van der Waals surface area contributed by atoms with Gasteiger partial charge in [0.25, 0.3) is 5.91 Å². The zero-order valence-electron chi connectivity index (χ0n) is 16.8. The molecule has 1 aromatic heterocycles. The van der Waals surface area contributed by atoms with Gasteiger partial charge in [-0.05, 0) is 33.3 Å². The highest BCUT2D eigenvalue weighted by Gasteiger charge is 2.34. The molecule has 1 aliphatic heterocycles. The highest BCUT2D eigenvalue weighted by atomic mass is 16.2. The average molecular weight is 381 g/mol. The van der Waals surface area contributed by atoms with Crippen LogP contribution in [0.3, 0.4) is 0 Å². The van der Waals surface area contributed by atoms with Crippen LogP contribution in [0.4, 0.5) is 5.95 Å². The van der Waals surface area contributed by atoms with Gasteiger partial charge in [-0.15, -0.1) is 0 Å². The number of aromatic nitrogens is 2. The summed E-state index contributed by atoms with van der Waals surface area (Å²) in [6, 6.07) is 7.83. The van der Waals surface area contributed by atoms with Gasteiger partial charge in [0.05, 0.1) is 5.56 Å². The molecular weight excluding hydrogens is 354 g/mol. The lowest BCUT2D eigenvalue weighted by molar-refractivity contribution is -0.140. The molecule has 0 radical (unpaired) electrons. The molecule has 148 valence electrons. The summed E-state index contributed by atoms with van der Waals surface area (Å²) in [6.07, 6.45) is 3.02.